The zero-order valence-corrected chi connectivity index (χ0v) is 26.6. The van der Waals surface area contributed by atoms with E-state index in [1.165, 1.54) is 12.1 Å². The maximum atomic E-state index is 15.3. The number of carbonyl (C=O) groups is 1. The third kappa shape index (κ3) is 6.61. The van der Waals surface area contributed by atoms with Crippen molar-refractivity contribution < 1.29 is 22.0 Å². The number of hydrogen-bond acceptors (Lipinski definition) is 7. The lowest BCUT2D eigenvalue weighted by atomic mass is 9.99. The van der Waals surface area contributed by atoms with Crippen molar-refractivity contribution in [3.8, 4) is 22.4 Å². The number of hydrogen-bond donors (Lipinski definition) is 0. The SMILES string of the molecule is Cc1cc(-c2cnc3cccc(-c4cc(F)c(CN5CCS(=O)(=O)CC5)c(F)c4)c3n2)ccc1C(=O)N1CCC(N(C)C)CC1. The number of piperidine rings is 1. The molecule has 0 bridgehead atoms. The highest BCUT2D eigenvalue weighted by Crippen LogP contribution is 2.32. The quantitative estimate of drug-likeness (QED) is 0.297. The first-order chi connectivity index (χ1) is 21.5. The molecule has 4 aromatic rings. The molecule has 0 aliphatic carbocycles. The smallest absolute Gasteiger partial charge is 0.254 e. The standard InChI is InChI=1S/C34H37F2N5O3S/c1-22-17-23(7-8-26(22)34(42)41-11-9-25(10-12-41)39(2)3)32-20-37-31-6-4-5-27(33(31)38-32)24-18-29(35)28(30(36)19-24)21-40-13-15-45(43,44)16-14-40/h4-8,17-20,25H,9-16,21H2,1-3H3. The highest BCUT2D eigenvalue weighted by atomic mass is 32.2. The Hall–Kier alpha value is -3.80. The number of carbonyl (C=O) groups excluding carboxylic acids is 1. The first kappa shape index (κ1) is 31.2. The molecule has 0 spiro atoms. The van der Waals surface area contributed by atoms with Crippen molar-refractivity contribution >= 4 is 26.8 Å². The second-order valence-corrected chi connectivity index (χ2v) is 14.6. The molecule has 2 saturated heterocycles. The van der Waals surface area contributed by atoms with Gasteiger partial charge in [-0.15, -0.1) is 0 Å². The average Bonchev–Trinajstić information content (AvgIpc) is 3.02. The second kappa shape index (κ2) is 12.5. The molecule has 45 heavy (non-hydrogen) atoms. The lowest BCUT2D eigenvalue weighted by Gasteiger charge is -2.35. The summed E-state index contributed by atoms with van der Waals surface area (Å²) in [7, 11) is 1.06. The largest absolute Gasteiger partial charge is 0.339 e. The van der Waals surface area contributed by atoms with Gasteiger partial charge in [0.15, 0.2) is 9.84 Å². The van der Waals surface area contributed by atoms with Gasteiger partial charge < -0.3 is 9.80 Å². The maximum absolute atomic E-state index is 15.3. The third-order valence-corrected chi connectivity index (χ3v) is 10.7. The Bertz CT molecular complexity index is 1840. The molecule has 0 atom stereocenters. The minimum Gasteiger partial charge on any atom is -0.339 e. The average molecular weight is 634 g/mol. The van der Waals surface area contributed by atoms with Gasteiger partial charge in [-0.2, -0.15) is 0 Å². The Balaban J connectivity index is 1.26. The van der Waals surface area contributed by atoms with Crippen LogP contribution in [-0.4, -0.2) is 96.8 Å². The molecule has 11 heteroatoms. The summed E-state index contributed by atoms with van der Waals surface area (Å²) in [6, 6.07) is 14.1. The Morgan fingerprint density at radius 1 is 0.956 bits per heavy atom. The van der Waals surface area contributed by atoms with Gasteiger partial charge in [0.25, 0.3) is 5.91 Å². The highest BCUT2D eigenvalue weighted by Gasteiger charge is 2.26. The van der Waals surface area contributed by atoms with Crippen molar-refractivity contribution in [1.29, 1.82) is 0 Å². The van der Waals surface area contributed by atoms with Crippen molar-refractivity contribution in [1.82, 2.24) is 24.7 Å². The van der Waals surface area contributed by atoms with Crippen molar-refractivity contribution in [2.45, 2.75) is 32.4 Å². The van der Waals surface area contributed by atoms with E-state index in [0.717, 1.165) is 37.1 Å². The molecule has 1 amide bonds. The molecule has 2 aliphatic heterocycles. The molecular weight excluding hydrogens is 596 g/mol. The number of sulfone groups is 1. The van der Waals surface area contributed by atoms with Crippen LogP contribution in [0, 0.1) is 18.6 Å². The number of aromatic nitrogens is 2. The zero-order valence-electron chi connectivity index (χ0n) is 25.8. The van der Waals surface area contributed by atoms with Crippen molar-refractivity contribution in [3.63, 3.8) is 0 Å². The Morgan fingerprint density at radius 3 is 2.29 bits per heavy atom. The molecule has 0 radical (unpaired) electrons. The number of para-hydroxylation sites is 1. The molecule has 8 nitrogen and oxygen atoms in total. The van der Waals surface area contributed by atoms with Gasteiger partial charge in [0.2, 0.25) is 0 Å². The van der Waals surface area contributed by atoms with Crippen LogP contribution in [0.3, 0.4) is 0 Å². The number of likely N-dealkylation sites (tertiary alicyclic amines) is 1. The molecule has 0 saturated carbocycles. The normalized spacial score (nSPS) is 17.7. The van der Waals surface area contributed by atoms with Gasteiger partial charge in [0, 0.05) is 61.0 Å². The fraction of sp³-hybridized carbons (Fsp3) is 0.382. The van der Waals surface area contributed by atoms with Gasteiger partial charge >= 0.3 is 0 Å². The summed E-state index contributed by atoms with van der Waals surface area (Å²) in [5.41, 5.74) is 4.75. The number of fused-ring (bicyclic) bond motifs is 1. The molecule has 6 rings (SSSR count). The molecule has 3 aromatic carbocycles. The molecule has 1 aromatic heterocycles. The minimum atomic E-state index is -3.09. The van der Waals surface area contributed by atoms with E-state index >= 15 is 8.78 Å². The van der Waals surface area contributed by atoms with E-state index in [0.29, 0.717) is 39.5 Å². The van der Waals surface area contributed by atoms with E-state index in [-0.39, 0.29) is 42.6 Å². The van der Waals surface area contributed by atoms with E-state index in [2.05, 4.69) is 24.0 Å². The Kier molecular flexibility index (Phi) is 8.69. The zero-order chi connectivity index (χ0) is 31.9. The van der Waals surface area contributed by atoms with Gasteiger partial charge in [-0.1, -0.05) is 18.2 Å². The number of nitrogens with zero attached hydrogens (tertiary/aromatic N) is 5. The minimum absolute atomic E-state index is 0.000824. The number of halogens is 2. The van der Waals surface area contributed by atoms with Crippen LogP contribution in [0.2, 0.25) is 0 Å². The Labute approximate surface area is 262 Å². The summed E-state index contributed by atoms with van der Waals surface area (Å²) in [4.78, 5) is 28.7. The summed E-state index contributed by atoms with van der Waals surface area (Å²) in [5, 5.41) is 0. The van der Waals surface area contributed by atoms with Crippen LogP contribution in [0.1, 0.15) is 34.3 Å². The van der Waals surface area contributed by atoms with Gasteiger partial charge in [-0.3, -0.25) is 14.7 Å². The molecule has 2 fully saturated rings. The Morgan fingerprint density at radius 2 is 1.64 bits per heavy atom. The van der Waals surface area contributed by atoms with E-state index in [1.54, 1.807) is 29.3 Å². The lowest BCUT2D eigenvalue weighted by molar-refractivity contribution is 0.0662. The molecule has 236 valence electrons. The molecule has 3 heterocycles. The van der Waals surface area contributed by atoms with Crippen LogP contribution in [0.4, 0.5) is 8.78 Å². The van der Waals surface area contributed by atoms with Crippen LogP contribution in [-0.2, 0) is 16.4 Å². The summed E-state index contributed by atoms with van der Waals surface area (Å²) in [6.07, 6.45) is 3.57. The monoisotopic (exact) mass is 633 g/mol. The first-order valence-electron chi connectivity index (χ1n) is 15.2. The molecule has 0 N–H and O–H groups in total. The van der Waals surface area contributed by atoms with E-state index < -0.39 is 21.5 Å². The van der Waals surface area contributed by atoms with Crippen LogP contribution < -0.4 is 0 Å². The van der Waals surface area contributed by atoms with Crippen molar-refractivity contribution in [3.05, 3.63) is 83.1 Å². The third-order valence-electron chi connectivity index (χ3n) is 9.08. The summed E-state index contributed by atoms with van der Waals surface area (Å²) in [6.45, 7) is 3.86. The topological polar surface area (TPSA) is 86.7 Å². The molecule has 0 unspecified atom stereocenters. The van der Waals surface area contributed by atoms with Crippen LogP contribution in [0.15, 0.2) is 54.7 Å². The fourth-order valence-electron chi connectivity index (χ4n) is 6.27. The van der Waals surface area contributed by atoms with Crippen molar-refractivity contribution in [2.24, 2.45) is 0 Å². The van der Waals surface area contributed by atoms with Gasteiger partial charge in [0.1, 0.15) is 11.6 Å². The summed E-state index contributed by atoms with van der Waals surface area (Å²) >= 11 is 0. The van der Waals surface area contributed by atoms with Gasteiger partial charge in [-0.05, 0) is 75.3 Å². The predicted molar refractivity (Wildman–Crippen MR) is 172 cm³/mol. The van der Waals surface area contributed by atoms with Gasteiger partial charge in [0.05, 0.1) is 34.4 Å². The predicted octanol–water partition coefficient (Wildman–Crippen LogP) is 4.95. The van der Waals surface area contributed by atoms with E-state index in [4.69, 9.17) is 4.98 Å². The fourth-order valence-corrected chi connectivity index (χ4v) is 7.54. The van der Waals surface area contributed by atoms with Crippen LogP contribution in [0.5, 0.6) is 0 Å². The first-order valence-corrected chi connectivity index (χ1v) is 17.0. The van der Waals surface area contributed by atoms with Crippen LogP contribution in [0.25, 0.3) is 33.4 Å². The second-order valence-electron chi connectivity index (χ2n) is 12.3. The number of benzene rings is 3. The summed E-state index contributed by atoms with van der Waals surface area (Å²) < 4.78 is 54.2. The van der Waals surface area contributed by atoms with E-state index in [9.17, 15) is 13.2 Å². The van der Waals surface area contributed by atoms with Gasteiger partial charge in [-0.25, -0.2) is 22.2 Å². The number of rotatable bonds is 6. The van der Waals surface area contributed by atoms with Crippen molar-refractivity contribution in [2.75, 3.05) is 51.8 Å². The number of amides is 1. The van der Waals surface area contributed by atoms with Crippen LogP contribution >= 0.6 is 0 Å². The number of aryl methyl sites for hydroxylation is 1. The maximum Gasteiger partial charge on any atom is 0.254 e. The summed E-state index contributed by atoms with van der Waals surface area (Å²) in [5.74, 6) is -1.39. The molecule has 2 aliphatic rings. The van der Waals surface area contributed by atoms with E-state index in [1.807, 2.05) is 30.0 Å². The highest BCUT2D eigenvalue weighted by molar-refractivity contribution is 7.91. The molecular formula is C34H37F2N5O3S. The lowest BCUT2D eigenvalue weighted by Crippen LogP contribution is -2.44.